The van der Waals surface area contributed by atoms with E-state index in [0.29, 0.717) is 16.5 Å². The van der Waals surface area contributed by atoms with E-state index >= 15 is 0 Å². The molecule has 6 rings (SSSR count). The van der Waals surface area contributed by atoms with Gasteiger partial charge in [0.1, 0.15) is 0 Å². The molecule has 144 valence electrons. The molecule has 0 spiro atoms. The lowest BCUT2D eigenvalue weighted by molar-refractivity contribution is -0.138. The highest BCUT2D eigenvalue weighted by atomic mass is 35.5. The monoisotopic (exact) mass is 384 g/mol. The molecule has 0 radical (unpaired) electrons. The second-order valence-electron chi connectivity index (χ2n) is 10.3. The topological polar surface area (TPSA) is 55.1 Å². The Hall–Kier alpha value is -1.48. The van der Waals surface area contributed by atoms with Crippen molar-refractivity contribution < 1.29 is 4.79 Å². The molecule has 27 heavy (non-hydrogen) atoms. The van der Waals surface area contributed by atoms with Gasteiger partial charge in [0.05, 0.1) is 10.7 Å². The number of fused-ring (bicyclic) bond motifs is 1. The number of halogens is 1. The lowest BCUT2D eigenvalue weighted by Gasteiger charge is -2.55. The molecule has 3 N–H and O–H groups in total. The Labute approximate surface area is 166 Å². The highest BCUT2D eigenvalue weighted by Gasteiger charge is 2.54. The van der Waals surface area contributed by atoms with Gasteiger partial charge in [0.25, 0.3) is 0 Å². The van der Waals surface area contributed by atoms with E-state index in [0.717, 1.165) is 54.7 Å². The van der Waals surface area contributed by atoms with Gasteiger partial charge in [-0.2, -0.15) is 0 Å². The van der Waals surface area contributed by atoms with Crippen molar-refractivity contribution in [3.05, 3.63) is 34.4 Å². The molecular formula is C23H29ClN2O. The quantitative estimate of drug-likeness (QED) is 0.558. The van der Waals surface area contributed by atoms with Crippen LogP contribution in [0.3, 0.4) is 0 Å². The first-order valence-electron chi connectivity index (χ1n) is 10.4. The third-order valence-electron chi connectivity index (χ3n) is 7.45. The van der Waals surface area contributed by atoms with E-state index in [4.69, 9.17) is 17.3 Å². The van der Waals surface area contributed by atoms with Crippen LogP contribution in [-0.2, 0) is 11.2 Å². The van der Waals surface area contributed by atoms with E-state index in [1.165, 1.54) is 24.8 Å². The van der Waals surface area contributed by atoms with E-state index in [-0.39, 0.29) is 11.0 Å². The minimum Gasteiger partial charge on any atom is -0.398 e. The Balaban J connectivity index is 1.53. The number of benzene rings is 1. The van der Waals surface area contributed by atoms with Crippen molar-refractivity contribution in [3.63, 3.8) is 0 Å². The lowest BCUT2D eigenvalue weighted by atomic mass is 9.48. The maximum absolute atomic E-state index is 13.6. The normalized spacial score (nSPS) is 37.1. The van der Waals surface area contributed by atoms with Gasteiger partial charge < -0.3 is 11.1 Å². The Bertz CT molecular complexity index is 819. The molecule has 4 saturated carbocycles. The predicted molar refractivity (Wildman–Crippen MR) is 110 cm³/mol. The fraction of sp³-hybridized carbons (Fsp3) is 0.609. The molecule has 0 amide bonds. The smallest absolute Gasteiger partial charge is 0.163 e. The number of anilines is 1. The van der Waals surface area contributed by atoms with Crippen molar-refractivity contribution in [2.45, 2.75) is 64.3 Å². The van der Waals surface area contributed by atoms with Gasteiger partial charge in [0, 0.05) is 28.3 Å². The summed E-state index contributed by atoms with van der Waals surface area (Å²) < 4.78 is 0. The lowest BCUT2D eigenvalue weighted by Crippen LogP contribution is -2.50. The maximum Gasteiger partial charge on any atom is 0.163 e. The minimum absolute atomic E-state index is 0.108. The fourth-order valence-electron chi connectivity index (χ4n) is 6.79. The van der Waals surface area contributed by atoms with Gasteiger partial charge in [-0.3, -0.25) is 4.79 Å². The maximum atomic E-state index is 13.6. The molecular weight excluding hydrogens is 356 g/mol. The summed E-state index contributed by atoms with van der Waals surface area (Å²) in [6, 6.07) is 3.90. The molecule has 3 nitrogen and oxygen atoms in total. The molecule has 0 unspecified atom stereocenters. The highest BCUT2D eigenvalue weighted by Crippen LogP contribution is 2.60. The van der Waals surface area contributed by atoms with Crippen molar-refractivity contribution in [2.75, 3.05) is 5.73 Å². The molecule has 4 aliphatic carbocycles. The summed E-state index contributed by atoms with van der Waals surface area (Å²) in [4.78, 5) is 13.6. The van der Waals surface area contributed by atoms with Crippen molar-refractivity contribution in [2.24, 2.45) is 23.2 Å². The Morgan fingerprint density at radius 2 is 1.74 bits per heavy atom. The molecule has 5 aliphatic rings. The van der Waals surface area contributed by atoms with Crippen LogP contribution in [0.2, 0.25) is 5.02 Å². The number of ketones is 1. The molecule has 0 atom stereocenters. The van der Waals surface area contributed by atoms with Gasteiger partial charge in [-0.25, -0.2) is 0 Å². The number of hydrogen-bond donors (Lipinski definition) is 2. The van der Waals surface area contributed by atoms with Crippen LogP contribution in [0.15, 0.2) is 18.2 Å². The van der Waals surface area contributed by atoms with Crippen LogP contribution in [-0.4, -0.2) is 11.3 Å². The average molecular weight is 385 g/mol. The first-order valence-corrected chi connectivity index (χ1v) is 10.7. The van der Waals surface area contributed by atoms with E-state index in [9.17, 15) is 4.79 Å². The highest BCUT2D eigenvalue weighted by molar-refractivity contribution is 6.33. The largest absolute Gasteiger partial charge is 0.398 e. The van der Waals surface area contributed by atoms with Crippen LogP contribution < -0.4 is 11.1 Å². The molecule has 1 aromatic carbocycles. The molecule has 4 bridgehead atoms. The molecule has 0 aromatic heterocycles. The third kappa shape index (κ3) is 2.90. The zero-order chi connectivity index (χ0) is 19.0. The van der Waals surface area contributed by atoms with Crippen molar-refractivity contribution in [1.29, 1.82) is 0 Å². The molecule has 1 heterocycles. The van der Waals surface area contributed by atoms with Gasteiger partial charge in [-0.05, 0) is 94.2 Å². The average Bonchev–Trinajstić information content (AvgIpc) is 2.54. The van der Waals surface area contributed by atoms with Crippen molar-refractivity contribution >= 4 is 28.8 Å². The molecule has 4 fully saturated rings. The first-order chi connectivity index (χ1) is 12.7. The summed E-state index contributed by atoms with van der Waals surface area (Å²) in [5.74, 6) is 2.66. The number of hydrogen-bond acceptors (Lipinski definition) is 3. The Morgan fingerprint density at radius 3 is 2.33 bits per heavy atom. The van der Waals surface area contributed by atoms with Crippen molar-refractivity contribution in [3.8, 4) is 0 Å². The van der Waals surface area contributed by atoms with E-state index in [1.54, 1.807) is 0 Å². The Morgan fingerprint density at radius 1 is 1.15 bits per heavy atom. The zero-order valence-electron chi connectivity index (χ0n) is 16.3. The summed E-state index contributed by atoms with van der Waals surface area (Å²) in [7, 11) is 0. The second kappa shape index (κ2) is 5.76. The van der Waals surface area contributed by atoms with E-state index < -0.39 is 0 Å². The third-order valence-corrected chi connectivity index (χ3v) is 7.78. The number of allylic oxidation sites excluding steroid dienone is 1. The number of rotatable bonds is 2. The van der Waals surface area contributed by atoms with Crippen LogP contribution in [0.1, 0.15) is 63.5 Å². The summed E-state index contributed by atoms with van der Waals surface area (Å²) >= 11 is 6.27. The number of carbonyl (C=O) groups is 1. The summed E-state index contributed by atoms with van der Waals surface area (Å²) in [6.45, 7) is 4.34. The van der Waals surface area contributed by atoms with Crippen LogP contribution in [0.5, 0.6) is 0 Å². The minimum atomic E-state index is -0.111. The second-order valence-corrected chi connectivity index (χ2v) is 10.7. The van der Waals surface area contributed by atoms with Crippen LogP contribution in [0, 0.1) is 23.2 Å². The fourth-order valence-corrected chi connectivity index (χ4v) is 6.98. The number of nitrogens with one attached hydrogen (secondary N) is 1. The van der Waals surface area contributed by atoms with Crippen LogP contribution in [0.4, 0.5) is 5.69 Å². The molecule has 4 heteroatoms. The van der Waals surface area contributed by atoms with Gasteiger partial charge in [-0.1, -0.05) is 11.6 Å². The van der Waals surface area contributed by atoms with Gasteiger partial charge >= 0.3 is 0 Å². The van der Waals surface area contributed by atoms with E-state index in [1.807, 2.05) is 18.2 Å². The number of nitrogen functional groups attached to an aromatic ring is 1. The Kier molecular flexibility index (Phi) is 3.76. The zero-order valence-corrected chi connectivity index (χ0v) is 17.0. The predicted octanol–water partition coefficient (Wildman–Crippen LogP) is 4.97. The first kappa shape index (κ1) is 17.6. The van der Waals surface area contributed by atoms with Gasteiger partial charge in [0.15, 0.2) is 5.78 Å². The van der Waals surface area contributed by atoms with Gasteiger partial charge in [0.2, 0.25) is 0 Å². The molecule has 1 aromatic rings. The summed E-state index contributed by atoms with van der Waals surface area (Å²) in [6.07, 6.45) is 10.1. The molecule has 1 aliphatic heterocycles. The van der Waals surface area contributed by atoms with Crippen molar-refractivity contribution in [1.82, 2.24) is 5.32 Å². The molecule has 0 saturated heterocycles. The number of nitrogens with two attached hydrogens (primary N) is 1. The van der Waals surface area contributed by atoms with Crippen LogP contribution in [0.25, 0.3) is 5.70 Å². The number of carbonyl (C=O) groups excluding carboxylic acids is 1. The van der Waals surface area contributed by atoms with Gasteiger partial charge in [-0.15, -0.1) is 0 Å². The summed E-state index contributed by atoms with van der Waals surface area (Å²) in [5, 5.41) is 4.20. The van der Waals surface area contributed by atoms with E-state index in [2.05, 4.69) is 19.2 Å². The van der Waals surface area contributed by atoms with Crippen LogP contribution >= 0.6 is 11.6 Å². The SMILES string of the molecule is CC1(C)Cc2cc(Cl)c(N)cc2/C(=C\C(=O)C23CC4CC(CC(C4)C2)C3)N1. The summed E-state index contributed by atoms with van der Waals surface area (Å²) in [5.41, 5.74) is 9.56. The standard InChI is InChI=1S/C23H29ClN2O/c1-22(2)12-16-6-18(24)19(25)7-17(16)20(26-22)8-21(27)23-9-13-3-14(10-23)5-15(4-13)11-23/h6-8,13-15,26H,3-5,9-12,25H2,1-2H3/b20-8+.